The summed E-state index contributed by atoms with van der Waals surface area (Å²) in [6.07, 6.45) is 3.28. The Morgan fingerprint density at radius 2 is 1.91 bits per heavy atom. The minimum absolute atomic E-state index is 0.174. The lowest BCUT2D eigenvalue weighted by Crippen LogP contribution is -2.49. The molecule has 34 heavy (non-hydrogen) atoms. The fourth-order valence-electron chi connectivity index (χ4n) is 4.10. The average Bonchev–Trinajstić information content (AvgIpc) is 3.06. The van der Waals surface area contributed by atoms with Crippen molar-refractivity contribution in [3.63, 3.8) is 0 Å². The monoisotopic (exact) mass is 473 g/mol. The van der Waals surface area contributed by atoms with Crippen LogP contribution in [0.15, 0.2) is 30.5 Å². The number of aromatic nitrogens is 2. The lowest BCUT2D eigenvalue weighted by atomic mass is 9.94. The van der Waals surface area contributed by atoms with Gasteiger partial charge in [-0.1, -0.05) is 25.8 Å². The maximum absolute atomic E-state index is 14.3. The molecule has 2 heterocycles. The number of ether oxygens (including phenoxy) is 1. The van der Waals surface area contributed by atoms with E-state index < -0.39 is 29.4 Å². The Hall–Kier alpha value is -3.00. The lowest BCUT2D eigenvalue weighted by Gasteiger charge is -2.30. The topological polar surface area (TPSA) is 75.9 Å². The van der Waals surface area contributed by atoms with Gasteiger partial charge in [-0.05, 0) is 64.8 Å². The minimum atomic E-state index is -1.09. The summed E-state index contributed by atoms with van der Waals surface area (Å²) in [7, 11) is 0. The molecule has 0 aliphatic rings. The average molecular weight is 474 g/mol. The van der Waals surface area contributed by atoms with Crippen LogP contribution in [0.2, 0.25) is 0 Å². The van der Waals surface area contributed by atoms with Crippen molar-refractivity contribution in [3.05, 3.63) is 64.6 Å². The molecule has 0 spiro atoms. The molecule has 0 saturated heterocycles. The van der Waals surface area contributed by atoms with Crippen LogP contribution in [0.3, 0.4) is 0 Å². The summed E-state index contributed by atoms with van der Waals surface area (Å²) in [5, 5.41) is 13.5. The molecule has 1 amide bonds. The van der Waals surface area contributed by atoms with Gasteiger partial charge in [-0.2, -0.15) is 0 Å². The number of aliphatic hydroxyl groups is 1. The van der Waals surface area contributed by atoms with E-state index in [9.17, 15) is 18.7 Å². The molecular weight excluding hydrogens is 440 g/mol. The number of rotatable bonds is 9. The van der Waals surface area contributed by atoms with Crippen molar-refractivity contribution in [1.29, 1.82) is 0 Å². The van der Waals surface area contributed by atoms with Crippen LogP contribution < -0.4 is 10.1 Å². The second-order valence-electron chi connectivity index (χ2n) is 9.34. The van der Waals surface area contributed by atoms with Crippen LogP contribution in [0.1, 0.15) is 80.4 Å². The van der Waals surface area contributed by atoms with Crippen molar-refractivity contribution in [1.82, 2.24) is 14.7 Å². The molecule has 0 radical (unpaired) electrons. The van der Waals surface area contributed by atoms with Crippen molar-refractivity contribution < 1.29 is 23.4 Å². The number of nitrogens with zero attached hydrogens (tertiary/aromatic N) is 2. The van der Waals surface area contributed by atoms with Crippen molar-refractivity contribution in [2.45, 2.75) is 78.6 Å². The molecule has 6 nitrogen and oxygen atoms in total. The van der Waals surface area contributed by atoms with E-state index >= 15 is 0 Å². The van der Waals surface area contributed by atoms with Gasteiger partial charge in [-0.25, -0.2) is 13.8 Å². The number of unbranched alkanes of at least 4 members (excludes halogenated alkanes) is 1. The third-order valence-corrected chi connectivity index (χ3v) is 5.93. The van der Waals surface area contributed by atoms with Crippen LogP contribution in [-0.4, -0.2) is 32.0 Å². The first-order valence-corrected chi connectivity index (χ1v) is 11.6. The molecule has 2 aromatic heterocycles. The van der Waals surface area contributed by atoms with Gasteiger partial charge in [0.2, 0.25) is 0 Å². The number of benzene rings is 1. The van der Waals surface area contributed by atoms with E-state index in [0.717, 1.165) is 18.4 Å². The maximum Gasteiger partial charge on any atom is 0.270 e. The van der Waals surface area contributed by atoms with E-state index in [4.69, 9.17) is 4.74 Å². The Morgan fingerprint density at radius 3 is 2.50 bits per heavy atom. The standard InChI is InChI=1S/C26H33F2N3O3/c1-7-8-12-21(26(5,6)33)30-25(32)23-16(3)29-24-20(13-15(2)14-31(23)24)34-17(4)22-18(27)10-9-11-19(22)28/h9-11,13-14,17,21,33H,7-8,12H2,1-6H3,(H,30,32). The number of fused-ring (bicyclic) bond motifs is 1. The fourth-order valence-corrected chi connectivity index (χ4v) is 4.10. The largest absolute Gasteiger partial charge is 0.482 e. The SMILES string of the molecule is CCCCC(NC(=O)c1c(C)nc2c(OC(C)c3c(F)cccc3F)cc(C)cn12)C(C)(C)O. The molecule has 1 aromatic carbocycles. The van der Waals surface area contributed by atoms with Gasteiger partial charge in [-0.3, -0.25) is 9.20 Å². The summed E-state index contributed by atoms with van der Waals surface area (Å²) in [5.74, 6) is -1.44. The lowest BCUT2D eigenvalue weighted by molar-refractivity contribution is 0.0313. The third-order valence-electron chi connectivity index (χ3n) is 5.93. The number of nitrogens with one attached hydrogen (secondary N) is 1. The zero-order chi connectivity index (χ0) is 25.2. The molecule has 0 saturated carbocycles. The van der Waals surface area contributed by atoms with Crippen molar-refractivity contribution >= 4 is 11.6 Å². The maximum atomic E-state index is 14.3. The molecule has 0 aliphatic heterocycles. The summed E-state index contributed by atoms with van der Waals surface area (Å²) < 4.78 is 36.1. The van der Waals surface area contributed by atoms with Crippen LogP contribution in [0.4, 0.5) is 8.78 Å². The van der Waals surface area contributed by atoms with E-state index in [1.54, 1.807) is 44.4 Å². The van der Waals surface area contributed by atoms with E-state index in [-0.39, 0.29) is 11.5 Å². The van der Waals surface area contributed by atoms with Crippen LogP contribution in [0.25, 0.3) is 5.65 Å². The Morgan fingerprint density at radius 1 is 1.26 bits per heavy atom. The molecule has 0 aliphatic carbocycles. The predicted octanol–water partition coefficient (Wildman–Crippen LogP) is 5.43. The second kappa shape index (κ2) is 10.1. The molecule has 2 unspecified atom stereocenters. The minimum Gasteiger partial charge on any atom is -0.482 e. The van der Waals surface area contributed by atoms with Gasteiger partial charge in [0.25, 0.3) is 5.91 Å². The first kappa shape index (κ1) is 25.6. The van der Waals surface area contributed by atoms with Gasteiger partial charge >= 0.3 is 0 Å². The predicted molar refractivity (Wildman–Crippen MR) is 127 cm³/mol. The van der Waals surface area contributed by atoms with E-state index in [0.29, 0.717) is 29.2 Å². The first-order chi connectivity index (χ1) is 15.9. The Labute approximate surface area is 199 Å². The van der Waals surface area contributed by atoms with Crippen LogP contribution >= 0.6 is 0 Å². The molecule has 2 atom stereocenters. The Kier molecular flexibility index (Phi) is 7.60. The highest BCUT2D eigenvalue weighted by molar-refractivity contribution is 5.95. The summed E-state index contributed by atoms with van der Waals surface area (Å²) in [6, 6.07) is 4.96. The van der Waals surface area contributed by atoms with Crippen molar-refractivity contribution in [3.8, 4) is 5.75 Å². The summed E-state index contributed by atoms with van der Waals surface area (Å²) in [6.45, 7) is 10.5. The highest BCUT2D eigenvalue weighted by Crippen LogP contribution is 2.31. The summed E-state index contributed by atoms with van der Waals surface area (Å²) >= 11 is 0. The number of aryl methyl sites for hydroxylation is 2. The molecule has 0 fully saturated rings. The number of imidazole rings is 1. The van der Waals surface area contributed by atoms with Crippen LogP contribution in [-0.2, 0) is 0 Å². The normalized spacial score (nSPS) is 13.7. The number of hydrogen-bond donors (Lipinski definition) is 2. The zero-order valence-electron chi connectivity index (χ0n) is 20.6. The van der Waals surface area contributed by atoms with E-state index in [1.165, 1.54) is 18.2 Å². The number of carbonyl (C=O) groups is 1. The van der Waals surface area contributed by atoms with Crippen molar-refractivity contribution in [2.24, 2.45) is 0 Å². The molecule has 3 aromatic rings. The fraction of sp³-hybridized carbons (Fsp3) is 0.462. The molecule has 184 valence electrons. The summed E-state index contributed by atoms with van der Waals surface area (Å²) in [4.78, 5) is 17.8. The molecule has 3 rings (SSSR count). The number of amides is 1. The van der Waals surface area contributed by atoms with Gasteiger partial charge < -0.3 is 15.2 Å². The number of pyridine rings is 1. The van der Waals surface area contributed by atoms with Gasteiger partial charge in [0.1, 0.15) is 23.4 Å². The van der Waals surface area contributed by atoms with Crippen molar-refractivity contribution in [2.75, 3.05) is 0 Å². The number of hydrogen-bond acceptors (Lipinski definition) is 4. The Balaban J connectivity index is 1.99. The van der Waals surface area contributed by atoms with E-state index in [1.807, 2.05) is 6.92 Å². The quantitative estimate of drug-likeness (QED) is 0.435. The molecule has 2 N–H and O–H groups in total. The third kappa shape index (κ3) is 5.38. The van der Waals surface area contributed by atoms with Crippen LogP contribution in [0, 0.1) is 25.5 Å². The van der Waals surface area contributed by atoms with Gasteiger partial charge in [0.15, 0.2) is 11.4 Å². The number of carbonyl (C=O) groups excluding carboxylic acids is 1. The molecule has 0 bridgehead atoms. The first-order valence-electron chi connectivity index (χ1n) is 11.6. The zero-order valence-corrected chi connectivity index (χ0v) is 20.6. The van der Waals surface area contributed by atoms with Gasteiger partial charge in [-0.15, -0.1) is 0 Å². The smallest absolute Gasteiger partial charge is 0.270 e. The highest BCUT2D eigenvalue weighted by Gasteiger charge is 2.30. The Bertz CT molecular complexity index is 1160. The second-order valence-corrected chi connectivity index (χ2v) is 9.34. The van der Waals surface area contributed by atoms with Gasteiger partial charge in [0.05, 0.1) is 22.9 Å². The van der Waals surface area contributed by atoms with E-state index in [2.05, 4.69) is 17.2 Å². The van der Waals surface area contributed by atoms with Crippen LogP contribution in [0.5, 0.6) is 5.75 Å². The number of halogens is 2. The molecular formula is C26H33F2N3O3. The summed E-state index contributed by atoms with van der Waals surface area (Å²) in [5.41, 5.74) is 0.669. The highest BCUT2D eigenvalue weighted by atomic mass is 19.1. The molecule has 8 heteroatoms. The van der Waals surface area contributed by atoms with Gasteiger partial charge in [0, 0.05) is 6.20 Å².